The number of sulfonamides is 1. The first-order valence-electron chi connectivity index (χ1n) is 7.72. The second-order valence-corrected chi connectivity index (χ2v) is 8.48. The van der Waals surface area contributed by atoms with E-state index in [1.54, 1.807) is 16.6 Å². The summed E-state index contributed by atoms with van der Waals surface area (Å²) in [5.74, 6) is 0.537. The zero-order valence-electron chi connectivity index (χ0n) is 13.6. The highest BCUT2D eigenvalue weighted by Gasteiger charge is 2.30. The first kappa shape index (κ1) is 17.4. The number of benzene rings is 1. The maximum Gasteiger partial charge on any atom is 0.226 e. The molecule has 1 aromatic carbocycles. The van der Waals surface area contributed by atoms with Crippen LogP contribution in [-0.2, 0) is 16.6 Å². The molecule has 24 heavy (non-hydrogen) atoms. The van der Waals surface area contributed by atoms with E-state index in [9.17, 15) is 8.42 Å². The third-order valence-electron chi connectivity index (χ3n) is 4.09. The Balaban J connectivity index is 1.66. The second-order valence-electron chi connectivity index (χ2n) is 6.11. The van der Waals surface area contributed by atoms with Gasteiger partial charge in [0.05, 0.1) is 11.9 Å². The lowest BCUT2D eigenvalue weighted by atomic mass is 10.2. The number of aromatic nitrogens is 1. The molecule has 6 nitrogen and oxygen atoms in total. The number of rotatable bonds is 4. The fourth-order valence-electron chi connectivity index (χ4n) is 3.02. The van der Waals surface area contributed by atoms with Gasteiger partial charge in [0.2, 0.25) is 15.9 Å². The molecule has 0 aliphatic carbocycles. The van der Waals surface area contributed by atoms with Crippen molar-refractivity contribution in [3.63, 3.8) is 0 Å². The average molecular weight is 370 g/mol. The van der Waals surface area contributed by atoms with Crippen LogP contribution < -0.4 is 0 Å². The largest absolute Gasteiger partial charge is 0.444 e. The van der Waals surface area contributed by atoms with Crippen LogP contribution in [-0.4, -0.2) is 54.5 Å². The molecule has 2 heterocycles. The lowest BCUT2D eigenvalue weighted by Gasteiger charge is -2.37. The molecule has 0 radical (unpaired) electrons. The Hall–Kier alpha value is -1.41. The van der Waals surface area contributed by atoms with Crippen LogP contribution in [0.3, 0.4) is 0 Å². The average Bonchev–Trinajstić information content (AvgIpc) is 2.94. The third kappa shape index (κ3) is 3.97. The second kappa shape index (κ2) is 6.84. The van der Waals surface area contributed by atoms with Crippen molar-refractivity contribution in [3.05, 3.63) is 41.2 Å². The maximum absolute atomic E-state index is 11.7. The molecule has 1 aliphatic rings. The van der Waals surface area contributed by atoms with Crippen LogP contribution in [0.2, 0.25) is 5.02 Å². The van der Waals surface area contributed by atoms with Gasteiger partial charge in [-0.1, -0.05) is 17.7 Å². The van der Waals surface area contributed by atoms with Crippen LogP contribution in [0.1, 0.15) is 12.6 Å². The Kier molecular flexibility index (Phi) is 4.96. The summed E-state index contributed by atoms with van der Waals surface area (Å²) in [6.45, 7) is 4.40. The van der Waals surface area contributed by atoms with E-state index in [2.05, 4.69) is 9.88 Å². The zero-order chi connectivity index (χ0) is 17.3. The van der Waals surface area contributed by atoms with Gasteiger partial charge in [-0.15, -0.1) is 0 Å². The highest BCUT2D eigenvalue weighted by Crippen LogP contribution is 2.23. The van der Waals surface area contributed by atoms with Crippen molar-refractivity contribution >= 4 is 21.6 Å². The summed E-state index contributed by atoms with van der Waals surface area (Å²) < 4.78 is 30.5. The van der Waals surface area contributed by atoms with Gasteiger partial charge in [0.1, 0.15) is 6.26 Å². The molecule has 0 bridgehead atoms. The third-order valence-corrected chi connectivity index (χ3v) is 5.72. The maximum atomic E-state index is 11.7. The van der Waals surface area contributed by atoms with Crippen LogP contribution >= 0.6 is 11.6 Å². The summed E-state index contributed by atoms with van der Waals surface area (Å²) in [6, 6.07) is 7.32. The first-order valence-corrected chi connectivity index (χ1v) is 9.95. The fraction of sp³-hybridized carbons (Fsp3) is 0.438. The van der Waals surface area contributed by atoms with Crippen LogP contribution in [0.25, 0.3) is 11.5 Å². The van der Waals surface area contributed by atoms with E-state index in [0.717, 1.165) is 11.3 Å². The van der Waals surface area contributed by atoms with Gasteiger partial charge in [-0.2, -0.15) is 4.31 Å². The molecule has 0 unspecified atom stereocenters. The number of piperazine rings is 1. The molecule has 0 N–H and O–H groups in total. The van der Waals surface area contributed by atoms with E-state index in [-0.39, 0.29) is 6.04 Å². The van der Waals surface area contributed by atoms with E-state index in [0.29, 0.717) is 37.1 Å². The van der Waals surface area contributed by atoms with Gasteiger partial charge < -0.3 is 4.42 Å². The van der Waals surface area contributed by atoms with Crippen molar-refractivity contribution in [2.75, 3.05) is 25.9 Å². The SMILES string of the molecule is C[C@H]1CN(Cc2coc(-c3cccc(Cl)c3)n2)CCN1S(C)(=O)=O. The molecule has 1 fully saturated rings. The minimum atomic E-state index is -3.15. The van der Waals surface area contributed by atoms with Crippen molar-refractivity contribution in [1.29, 1.82) is 0 Å². The molecule has 1 aromatic heterocycles. The smallest absolute Gasteiger partial charge is 0.226 e. The Morgan fingerprint density at radius 3 is 2.83 bits per heavy atom. The predicted octanol–water partition coefficient (Wildman–Crippen LogP) is 2.46. The zero-order valence-corrected chi connectivity index (χ0v) is 15.2. The lowest BCUT2D eigenvalue weighted by Crippen LogP contribution is -2.53. The van der Waals surface area contributed by atoms with Crippen molar-refractivity contribution in [3.8, 4) is 11.5 Å². The molecule has 2 aromatic rings. The Labute approximate surface area is 147 Å². The Morgan fingerprint density at radius 1 is 1.38 bits per heavy atom. The Morgan fingerprint density at radius 2 is 2.17 bits per heavy atom. The van der Waals surface area contributed by atoms with Gasteiger partial charge in [0, 0.05) is 42.8 Å². The van der Waals surface area contributed by atoms with Crippen LogP contribution in [0.4, 0.5) is 0 Å². The molecule has 1 aliphatic heterocycles. The summed E-state index contributed by atoms with van der Waals surface area (Å²) >= 11 is 5.99. The van der Waals surface area contributed by atoms with Gasteiger partial charge in [-0.3, -0.25) is 4.90 Å². The van der Waals surface area contributed by atoms with Crippen LogP contribution in [0, 0.1) is 0 Å². The van der Waals surface area contributed by atoms with Crippen LogP contribution in [0.5, 0.6) is 0 Å². The normalized spacial score (nSPS) is 20.4. The summed E-state index contributed by atoms with van der Waals surface area (Å²) in [7, 11) is -3.15. The topological polar surface area (TPSA) is 66.7 Å². The van der Waals surface area contributed by atoms with Gasteiger partial charge in [0.15, 0.2) is 0 Å². The number of hydrogen-bond acceptors (Lipinski definition) is 5. The van der Waals surface area contributed by atoms with E-state index < -0.39 is 10.0 Å². The summed E-state index contributed by atoms with van der Waals surface area (Å²) in [5.41, 5.74) is 1.66. The molecule has 1 atom stereocenters. The highest BCUT2D eigenvalue weighted by molar-refractivity contribution is 7.88. The molecular formula is C16H20ClN3O3S. The monoisotopic (exact) mass is 369 g/mol. The fourth-order valence-corrected chi connectivity index (χ4v) is 4.34. The van der Waals surface area contributed by atoms with E-state index in [1.165, 1.54) is 6.26 Å². The molecular weight excluding hydrogens is 350 g/mol. The number of oxazole rings is 1. The van der Waals surface area contributed by atoms with Crippen molar-refractivity contribution in [2.45, 2.75) is 19.5 Å². The molecule has 0 spiro atoms. The standard InChI is InChI=1S/C16H20ClN3O3S/c1-12-9-19(6-7-20(12)24(2,21)22)10-15-11-23-16(18-15)13-4-3-5-14(17)8-13/h3-5,8,11-12H,6-7,9-10H2,1-2H3/t12-/m0/s1. The first-order chi connectivity index (χ1) is 11.3. The molecule has 8 heteroatoms. The van der Waals surface area contributed by atoms with Crippen molar-refractivity contribution in [2.24, 2.45) is 0 Å². The number of hydrogen-bond donors (Lipinski definition) is 0. The molecule has 130 valence electrons. The van der Waals surface area contributed by atoms with E-state index in [1.807, 2.05) is 25.1 Å². The van der Waals surface area contributed by atoms with Crippen molar-refractivity contribution in [1.82, 2.24) is 14.2 Å². The minimum absolute atomic E-state index is 0.0481. The Bertz CT molecular complexity index is 821. The van der Waals surface area contributed by atoms with Gasteiger partial charge in [-0.05, 0) is 25.1 Å². The number of nitrogens with zero attached hydrogens (tertiary/aromatic N) is 3. The van der Waals surface area contributed by atoms with Crippen LogP contribution in [0.15, 0.2) is 34.9 Å². The number of halogens is 1. The van der Waals surface area contributed by atoms with Gasteiger partial charge in [0.25, 0.3) is 0 Å². The minimum Gasteiger partial charge on any atom is -0.444 e. The summed E-state index contributed by atoms with van der Waals surface area (Å²) in [6.07, 6.45) is 2.90. The summed E-state index contributed by atoms with van der Waals surface area (Å²) in [4.78, 5) is 6.70. The lowest BCUT2D eigenvalue weighted by molar-refractivity contribution is 0.137. The molecule has 1 saturated heterocycles. The highest BCUT2D eigenvalue weighted by atomic mass is 35.5. The van der Waals surface area contributed by atoms with Gasteiger partial charge >= 0.3 is 0 Å². The quantitative estimate of drug-likeness (QED) is 0.828. The molecule has 3 rings (SSSR count). The van der Waals surface area contributed by atoms with E-state index in [4.69, 9.17) is 16.0 Å². The summed E-state index contributed by atoms with van der Waals surface area (Å²) in [5, 5.41) is 0.637. The van der Waals surface area contributed by atoms with Gasteiger partial charge in [-0.25, -0.2) is 13.4 Å². The molecule has 0 amide bonds. The molecule has 0 saturated carbocycles. The predicted molar refractivity (Wildman–Crippen MR) is 93.2 cm³/mol. The van der Waals surface area contributed by atoms with E-state index >= 15 is 0 Å². The van der Waals surface area contributed by atoms with Crippen molar-refractivity contribution < 1.29 is 12.8 Å².